The van der Waals surface area contributed by atoms with Gasteiger partial charge in [-0.25, -0.2) is 9.97 Å². The second kappa shape index (κ2) is 9.06. The monoisotopic (exact) mass is 427 g/mol. The molecule has 0 radical (unpaired) electrons. The number of aromatic nitrogens is 2. The van der Waals surface area contributed by atoms with Crippen molar-refractivity contribution in [3.8, 4) is 6.07 Å². The van der Waals surface area contributed by atoms with Gasteiger partial charge in [-0.3, -0.25) is 9.59 Å². The minimum absolute atomic E-state index is 0.0196. The van der Waals surface area contributed by atoms with Gasteiger partial charge in [0.15, 0.2) is 5.82 Å². The van der Waals surface area contributed by atoms with Crippen LogP contribution in [0.2, 0.25) is 0 Å². The summed E-state index contributed by atoms with van der Waals surface area (Å²) in [5.41, 5.74) is 6.21. The molecule has 0 saturated carbocycles. The standard InChI is InChI=1S/C21H29N7O3/c1-2-31-11-18(29)24-8-17-14-6-13(16-4-3-5-19(30)28(16)17)9-27(10-14)21-15(7-22)20(23)25-12-26-21/h12-14,16-17H,2-6,8-11H2,1H3,(H,24,29)(H2,23,25,26)/t13-,14+,16+,17+/m1/s1. The average Bonchev–Trinajstić information content (AvgIpc) is 2.77. The van der Waals surface area contributed by atoms with Gasteiger partial charge in [-0.2, -0.15) is 5.26 Å². The summed E-state index contributed by atoms with van der Waals surface area (Å²) in [5, 5.41) is 12.5. The molecule has 0 unspecified atom stereocenters. The SMILES string of the molecule is CCOCC(=O)NC[C@H]1[C@H]2C[C@H](CN(c3ncnc(N)c3C#N)C2)[C@@H]2CCCC(=O)N21. The molecular formula is C21H29N7O3. The zero-order valence-corrected chi connectivity index (χ0v) is 17.8. The lowest BCUT2D eigenvalue weighted by atomic mass is 9.72. The fourth-order valence-corrected chi connectivity index (χ4v) is 5.41. The molecule has 0 aromatic carbocycles. The van der Waals surface area contributed by atoms with Crippen LogP contribution in [0.1, 0.15) is 38.2 Å². The van der Waals surface area contributed by atoms with Crippen LogP contribution in [-0.4, -0.2) is 71.6 Å². The molecule has 2 amide bonds. The van der Waals surface area contributed by atoms with Crippen LogP contribution < -0.4 is 16.0 Å². The van der Waals surface area contributed by atoms with E-state index in [4.69, 9.17) is 10.5 Å². The molecule has 4 heterocycles. The summed E-state index contributed by atoms with van der Waals surface area (Å²) in [7, 11) is 0. The molecule has 1 aromatic heterocycles. The van der Waals surface area contributed by atoms with E-state index in [1.54, 1.807) is 0 Å². The third-order valence-electron chi connectivity index (χ3n) is 6.71. The molecule has 3 fully saturated rings. The second-order valence-corrected chi connectivity index (χ2v) is 8.50. The maximum absolute atomic E-state index is 12.9. The summed E-state index contributed by atoms with van der Waals surface area (Å²) in [5.74, 6) is 1.19. The summed E-state index contributed by atoms with van der Waals surface area (Å²) in [6.45, 7) is 4.11. The van der Waals surface area contributed by atoms with Gasteiger partial charge in [0, 0.05) is 38.7 Å². The number of anilines is 2. The topological polar surface area (TPSA) is 137 Å². The van der Waals surface area contributed by atoms with Crippen LogP contribution in [0, 0.1) is 23.2 Å². The van der Waals surface area contributed by atoms with Crippen molar-refractivity contribution in [3.05, 3.63) is 11.9 Å². The van der Waals surface area contributed by atoms with E-state index >= 15 is 0 Å². The number of nitrogen functional groups attached to an aromatic ring is 1. The van der Waals surface area contributed by atoms with Crippen molar-refractivity contribution in [2.24, 2.45) is 11.8 Å². The van der Waals surface area contributed by atoms with Crippen LogP contribution in [0.3, 0.4) is 0 Å². The van der Waals surface area contributed by atoms with Crippen LogP contribution in [0.4, 0.5) is 11.6 Å². The first kappa shape index (κ1) is 21.3. The third kappa shape index (κ3) is 4.14. The van der Waals surface area contributed by atoms with Crippen molar-refractivity contribution in [3.63, 3.8) is 0 Å². The number of nitrogens with two attached hydrogens (primary N) is 1. The van der Waals surface area contributed by atoms with E-state index in [1.807, 2.05) is 11.8 Å². The van der Waals surface area contributed by atoms with Crippen LogP contribution in [0.15, 0.2) is 6.33 Å². The number of carbonyl (C=O) groups excluding carboxylic acids is 2. The number of nitrogens with zero attached hydrogens (tertiary/aromatic N) is 5. The highest BCUT2D eigenvalue weighted by Crippen LogP contribution is 2.42. The number of hydrogen-bond acceptors (Lipinski definition) is 8. The fraction of sp³-hybridized carbons (Fsp3) is 0.667. The Kier molecular flexibility index (Phi) is 6.23. The molecule has 10 heteroatoms. The van der Waals surface area contributed by atoms with Crippen molar-refractivity contribution in [2.45, 2.75) is 44.7 Å². The first-order valence-electron chi connectivity index (χ1n) is 10.9. The molecule has 0 spiro atoms. The number of nitriles is 1. The minimum atomic E-state index is -0.173. The van der Waals surface area contributed by atoms with Crippen molar-refractivity contribution >= 4 is 23.5 Å². The van der Waals surface area contributed by atoms with Gasteiger partial charge in [-0.15, -0.1) is 0 Å². The maximum atomic E-state index is 12.9. The summed E-state index contributed by atoms with van der Waals surface area (Å²) < 4.78 is 5.20. The number of carbonyl (C=O) groups is 2. The van der Waals surface area contributed by atoms with Gasteiger partial charge >= 0.3 is 0 Å². The highest BCUT2D eigenvalue weighted by atomic mass is 16.5. The lowest BCUT2D eigenvalue weighted by molar-refractivity contribution is -0.149. The Morgan fingerprint density at radius 1 is 1.39 bits per heavy atom. The summed E-state index contributed by atoms with van der Waals surface area (Å²) in [6.07, 6.45) is 4.77. The van der Waals surface area contributed by atoms with Gasteiger partial charge in [0.1, 0.15) is 30.4 Å². The van der Waals surface area contributed by atoms with Crippen LogP contribution in [0.5, 0.6) is 0 Å². The molecule has 3 aliphatic heterocycles. The Bertz CT molecular complexity index is 886. The lowest BCUT2D eigenvalue weighted by Gasteiger charge is -2.56. The first-order valence-corrected chi connectivity index (χ1v) is 10.9. The van der Waals surface area contributed by atoms with E-state index < -0.39 is 0 Å². The Hall–Kier alpha value is -2.93. The predicted molar refractivity (Wildman–Crippen MR) is 113 cm³/mol. The van der Waals surface area contributed by atoms with Gasteiger partial charge in [-0.1, -0.05) is 0 Å². The molecule has 1 aromatic rings. The fourth-order valence-electron chi connectivity index (χ4n) is 5.41. The van der Waals surface area contributed by atoms with E-state index in [0.29, 0.717) is 43.4 Å². The summed E-state index contributed by atoms with van der Waals surface area (Å²) in [4.78, 5) is 37.5. The van der Waals surface area contributed by atoms with E-state index in [-0.39, 0.29) is 42.2 Å². The largest absolute Gasteiger partial charge is 0.382 e. The Morgan fingerprint density at radius 2 is 2.19 bits per heavy atom. The number of rotatable bonds is 6. The van der Waals surface area contributed by atoms with E-state index in [9.17, 15) is 14.9 Å². The highest BCUT2D eigenvalue weighted by molar-refractivity contribution is 5.79. The number of hydrogen-bond donors (Lipinski definition) is 2. The third-order valence-corrected chi connectivity index (χ3v) is 6.71. The number of fused-ring (bicyclic) bond motifs is 4. The number of piperidine rings is 3. The van der Waals surface area contributed by atoms with E-state index in [1.165, 1.54) is 6.33 Å². The molecule has 31 heavy (non-hydrogen) atoms. The van der Waals surface area contributed by atoms with Crippen molar-refractivity contribution in [1.82, 2.24) is 20.2 Å². The molecule has 3 aliphatic rings. The predicted octanol–water partition coefficient (Wildman–Crippen LogP) is 0.289. The quantitative estimate of drug-likeness (QED) is 0.661. The lowest BCUT2D eigenvalue weighted by Crippen LogP contribution is -2.67. The zero-order valence-electron chi connectivity index (χ0n) is 17.8. The Morgan fingerprint density at radius 3 is 2.97 bits per heavy atom. The van der Waals surface area contributed by atoms with Gasteiger partial charge in [-0.05, 0) is 38.0 Å². The van der Waals surface area contributed by atoms with Crippen LogP contribution >= 0.6 is 0 Å². The van der Waals surface area contributed by atoms with Gasteiger partial charge in [0.05, 0.1) is 6.04 Å². The van der Waals surface area contributed by atoms with Crippen LogP contribution in [0.25, 0.3) is 0 Å². The van der Waals surface area contributed by atoms with E-state index in [0.717, 1.165) is 25.8 Å². The Balaban J connectivity index is 1.58. The Labute approximate surface area is 181 Å². The normalized spacial score (nSPS) is 27.4. The number of amides is 2. The minimum Gasteiger partial charge on any atom is -0.382 e. The molecule has 0 aliphatic carbocycles. The molecule has 3 N–H and O–H groups in total. The molecule has 2 bridgehead atoms. The molecule has 166 valence electrons. The number of ether oxygens (including phenoxy) is 1. The van der Waals surface area contributed by atoms with Gasteiger partial charge in [0.2, 0.25) is 11.8 Å². The summed E-state index contributed by atoms with van der Waals surface area (Å²) in [6, 6.07) is 2.18. The first-order chi connectivity index (χ1) is 15.0. The molecule has 4 rings (SSSR count). The molecule has 3 saturated heterocycles. The van der Waals surface area contributed by atoms with Gasteiger partial charge < -0.3 is 25.6 Å². The smallest absolute Gasteiger partial charge is 0.246 e. The maximum Gasteiger partial charge on any atom is 0.246 e. The second-order valence-electron chi connectivity index (χ2n) is 8.50. The van der Waals surface area contributed by atoms with E-state index in [2.05, 4.69) is 26.3 Å². The molecular weight excluding hydrogens is 398 g/mol. The van der Waals surface area contributed by atoms with Crippen molar-refractivity contribution in [1.29, 1.82) is 5.26 Å². The van der Waals surface area contributed by atoms with Crippen molar-refractivity contribution < 1.29 is 14.3 Å². The van der Waals surface area contributed by atoms with Gasteiger partial charge in [0.25, 0.3) is 0 Å². The highest BCUT2D eigenvalue weighted by Gasteiger charge is 2.49. The van der Waals surface area contributed by atoms with Crippen molar-refractivity contribution in [2.75, 3.05) is 43.5 Å². The molecule has 4 atom stereocenters. The zero-order chi connectivity index (χ0) is 22.0. The van der Waals surface area contributed by atoms with Crippen LogP contribution in [-0.2, 0) is 14.3 Å². The molecule has 10 nitrogen and oxygen atoms in total. The summed E-state index contributed by atoms with van der Waals surface area (Å²) >= 11 is 0. The average molecular weight is 428 g/mol. The number of nitrogens with one attached hydrogen (secondary N) is 1.